The van der Waals surface area contributed by atoms with Crippen LogP contribution in [0.15, 0.2) is 42.5 Å². The number of imidazole rings is 1. The normalized spacial score (nSPS) is 15.9. The molecule has 1 fully saturated rings. The predicted molar refractivity (Wildman–Crippen MR) is 126 cm³/mol. The van der Waals surface area contributed by atoms with Crippen molar-refractivity contribution in [3.63, 3.8) is 0 Å². The molecule has 1 N–H and O–H groups in total. The third kappa shape index (κ3) is 5.49. The van der Waals surface area contributed by atoms with Gasteiger partial charge in [-0.2, -0.15) is 0 Å². The van der Waals surface area contributed by atoms with Crippen LogP contribution < -0.4 is 10.1 Å². The summed E-state index contributed by atoms with van der Waals surface area (Å²) < 4.78 is 13.7. The second kappa shape index (κ2) is 10.6. The van der Waals surface area contributed by atoms with E-state index in [1.54, 1.807) is 0 Å². The Hall–Kier alpha value is -2.86. The number of aromatic nitrogens is 2. The maximum Gasteiger partial charge on any atom is 0.249 e. The summed E-state index contributed by atoms with van der Waals surface area (Å²) in [5.74, 6) is 1.97. The molecule has 1 aliphatic rings. The van der Waals surface area contributed by atoms with Crippen LogP contribution in [0.25, 0.3) is 11.0 Å². The summed E-state index contributed by atoms with van der Waals surface area (Å²) >= 11 is 0. The molecule has 1 unspecified atom stereocenters. The lowest BCUT2D eigenvalue weighted by molar-refractivity contribution is -0.130. The number of hydrogen-bond donors (Lipinski definition) is 1. The van der Waals surface area contributed by atoms with E-state index in [2.05, 4.69) is 48.0 Å². The monoisotopic (exact) mass is 435 g/mol. The fraction of sp³-hybridized carbons (Fsp3) is 0.462. The number of para-hydroxylation sites is 2. The van der Waals surface area contributed by atoms with Gasteiger partial charge in [0.1, 0.15) is 17.7 Å². The van der Waals surface area contributed by atoms with Crippen LogP contribution in [0, 0.1) is 13.8 Å². The number of rotatable bonds is 10. The minimum absolute atomic E-state index is 0.00582. The number of benzene rings is 2. The number of aryl methyl sites for hydroxylation is 3. The Morgan fingerprint density at radius 3 is 2.91 bits per heavy atom. The highest BCUT2D eigenvalue weighted by Crippen LogP contribution is 2.20. The van der Waals surface area contributed by atoms with Crippen molar-refractivity contribution in [2.45, 2.75) is 58.6 Å². The molecule has 1 saturated heterocycles. The molecular weight excluding hydrogens is 402 g/mol. The van der Waals surface area contributed by atoms with Gasteiger partial charge in [0.05, 0.1) is 17.6 Å². The van der Waals surface area contributed by atoms with Gasteiger partial charge in [-0.25, -0.2) is 4.98 Å². The second-order valence-corrected chi connectivity index (χ2v) is 8.54. The van der Waals surface area contributed by atoms with Gasteiger partial charge in [0.2, 0.25) is 5.91 Å². The first-order valence-electron chi connectivity index (χ1n) is 11.7. The number of nitrogens with zero attached hydrogens (tertiary/aromatic N) is 2. The Balaban J connectivity index is 1.31. The Labute approximate surface area is 189 Å². The standard InChI is InChI=1S/C26H33N3O3/c1-19-11-12-23(20(2)18-19)31-16-6-5-15-29-22-9-4-3-8-21(22)28-25(29)13-14-27-26(30)24-10-7-17-32-24/h3-4,8-9,11-12,18,24H,5-7,10,13-17H2,1-2H3,(H,27,30). The minimum Gasteiger partial charge on any atom is -0.493 e. The van der Waals surface area contributed by atoms with Gasteiger partial charge in [0.25, 0.3) is 0 Å². The van der Waals surface area contributed by atoms with Crippen molar-refractivity contribution in [2.75, 3.05) is 19.8 Å². The number of amides is 1. The van der Waals surface area contributed by atoms with E-state index in [1.807, 2.05) is 18.2 Å². The van der Waals surface area contributed by atoms with Crippen molar-refractivity contribution < 1.29 is 14.3 Å². The number of carbonyl (C=O) groups excluding carboxylic acids is 1. The molecule has 0 spiro atoms. The Morgan fingerprint density at radius 2 is 2.09 bits per heavy atom. The number of unbranched alkanes of at least 4 members (excludes halogenated alkanes) is 1. The molecule has 0 bridgehead atoms. The Morgan fingerprint density at radius 1 is 1.22 bits per heavy atom. The number of fused-ring (bicyclic) bond motifs is 1. The zero-order valence-electron chi connectivity index (χ0n) is 19.1. The fourth-order valence-electron chi connectivity index (χ4n) is 4.28. The predicted octanol–water partition coefficient (Wildman–Crippen LogP) is 4.35. The van der Waals surface area contributed by atoms with Crippen LogP contribution in [0.2, 0.25) is 0 Å². The molecule has 0 aliphatic carbocycles. The molecule has 1 amide bonds. The maximum atomic E-state index is 12.2. The summed E-state index contributed by atoms with van der Waals surface area (Å²) in [7, 11) is 0. The van der Waals surface area contributed by atoms with Crippen LogP contribution in [0.4, 0.5) is 0 Å². The molecule has 0 radical (unpaired) electrons. The summed E-state index contributed by atoms with van der Waals surface area (Å²) in [4.78, 5) is 17.0. The van der Waals surface area contributed by atoms with Gasteiger partial charge in [-0.15, -0.1) is 0 Å². The number of hydrogen-bond acceptors (Lipinski definition) is 4. The molecule has 170 valence electrons. The average molecular weight is 436 g/mol. The van der Waals surface area contributed by atoms with Crippen LogP contribution in [0.5, 0.6) is 5.75 Å². The number of nitrogens with one attached hydrogen (secondary N) is 1. The van der Waals surface area contributed by atoms with Crippen LogP contribution in [-0.2, 0) is 22.5 Å². The van der Waals surface area contributed by atoms with Gasteiger partial charge in [-0.3, -0.25) is 4.79 Å². The lowest BCUT2D eigenvalue weighted by atomic mass is 10.1. The van der Waals surface area contributed by atoms with Crippen molar-refractivity contribution in [3.8, 4) is 5.75 Å². The van der Waals surface area contributed by atoms with Crippen molar-refractivity contribution in [1.29, 1.82) is 0 Å². The highest BCUT2D eigenvalue weighted by Gasteiger charge is 2.23. The zero-order valence-corrected chi connectivity index (χ0v) is 19.1. The largest absolute Gasteiger partial charge is 0.493 e. The molecule has 3 aromatic rings. The molecule has 4 rings (SSSR count). The van der Waals surface area contributed by atoms with Crippen molar-refractivity contribution in [2.24, 2.45) is 0 Å². The smallest absolute Gasteiger partial charge is 0.249 e. The first-order chi connectivity index (χ1) is 15.6. The minimum atomic E-state index is -0.286. The topological polar surface area (TPSA) is 65.4 Å². The third-order valence-corrected chi connectivity index (χ3v) is 5.97. The lowest BCUT2D eigenvalue weighted by Gasteiger charge is -2.13. The lowest BCUT2D eigenvalue weighted by Crippen LogP contribution is -2.35. The number of ether oxygens (including phenoxy) is 2. The second-order valence-electron chi connectivity index (χ2n) is 8.54. The summed E-state index contributed by atoms with van der Waals surface area (Å²) in [6.07, 6.45) is 4.16. The summed E-state index contributed by atoms with van der Waals surface area (Å²) in [6.45, 7) is 7.01. The fourth-order valence-corrected chi connectivity index (χ4v) is 4.28. The summed E-state index contributed by atoms with van der Waals surface area (Å²) in [5, 5.41) is 3.01. The quantitative estimate of drug-likeness (QED) is 0.481. The van der Waals surface area contributed by atoms with E-state index >= 15 is 0 Å². The van der Waals surface area contributed by atoms with Gasteiger partial charge in [-0.1, -0.05) is 29.8 Å². The van der Waals surface area contributed by atoms with Gasteiger partial charge >= 0.3 is 0 Å². The highest BCUT2D eigenvalue weighted by atomic mass is 16.5. The molecule has 6 nitrogen and oxygen atoms in total. The average Bonchev–Trinajstić information content (AvgIpc) is 3.43. The molecule has 2 aromatic carbocycles. The van der Waals surface area contributed by atoms with Gasteiger partial charge in [0.15, 0.2) is 0 Å². The van der Waals surface area contributed by atoms with Crippen LogP contribution in [0.3, 0.4) is 0 Å². The van der Waals surface area contributed by atoms with E-state index < -0.39 is 0 Å². The zero-order chi connectivity index (χ0) is 22.3. The first kappa shape index (κ1) is 22.3. The van der Waals surface area contributed by atoms with Crippen molar-refractivity contribution in [3.05, 3.63) is 59.4 Å². The Kier molecular flexibility index (Phi) is 7.43. The van der Waals surface area contributed by atoms with Crippen molar-refractivity contribution >= 4 is 16.9 Å². The van der Waals surface area contributed by atoms with E-state index in [4.69, 9.17) is 14.5 Å². The van der Waals surface area contributed by atoms with Crippen LogP contribution in [-0.4, -0.2) is 41.3 Å². The molecule has 1 atom stereocenters. The molecule has 32 heavy (non-hydrogen) atoms. The molecule has 2 heterocycles. The van der Waals surface area contributed by atoms with E-state index in [-0.39, 0.29) is 12.0 Å². The molecule has 0 saturated carbocycles. The SMILES string of the molecule is Cc1ccc(OCCCCn2c(CCNC(=O)C3CCCO3)nc3ccccc32)c(C)c1. The van der Waals surface area contributed by atoms with Crippen molar-refractivity contribution in [1.82, 2.24) is 14.9 Å². The summed E-state index contributed by atoms with van der Waals surface area (Å²) in [6, 6.07) is 14.5. The molecule has 6 heteroatoms. The van der Waals surface area contributed by atoms with E-state index in [9.17, 15) is 4.79 Å². The van der Waals surface area contributed by atoms with Gasteiger partial charge in [-0.05, 0) is 63.3 Å². The maximum absolute atomic E-state index is 12.2. The van der Waals surface area contributed by atoms with Gasteiger partial charge in [0, 0.05) is 26.1 Å². The van der Waals surface area contributed by atoms with E-state index in [0.29, 0.717) is 26.2 Å². The van der Waals surface area contributed by atoms with Gasteiger partial charge < -0.3 is 19.4 Å². The van der Waals surface area contributed by atoms with E-state index in [0.717, 1.165) is 54.8 Å². The van der Waals surface area contributed by atoms with E-state index in [1.165, 1.54) is 11.1 Å². The first-order valence-corrected chi connectivity index (χ1v) is 11.7. The summed E-state index contributed by atoms with van der Waals surface area (Å²) in [5.41, 5.74) is 4.57. The third-order valence-electron chi connectivity index (χ3n) is 5.97. The van der Waals surface area contributed by atoms with Crippen LogP contribution in [0.1, 0.15) is 42.6 Å². The molecule has 1 aliphatic heterocycles. The molecular formula is C26H33N3O3. The van der Waals surface area contributed by atoms with Crippen LogP contribution >= 0.6 is 0 Å². The highest BCUT2D eigenvalue weighted by molar-refractivity contribution is 5.81. The number of carbonyl (C=O) groups is 1. The Bertz CT molecular complexity index is 1050. The molecule has 1 aromatic heterocycles.